The number of benzene rings is 2. The summed E-state index contributed by atoms with van der Waals surface area (Å²) in [4.78, 5) is 22.8. The van der Waals surface area contributed by atoms with E-state index in [1.54, 1.807) is 0 Å². The van der Waals surface area contributed by atoms with Crippen molar-refractivity contribution < 1.29 is 14.3 Å². The number of hydrogen-bond donors (Lipinski definition) is 1. The molecule has 0 unspecified atom stereocenters. The van der Waals surface area contributed by atoms with Crippen LogP contribution in [0.25, 0.3) is 0 Å². The van der Waals surface area contributed by atoms with Crippen molar-refractivity contribution in [2.45, 2.75) is 39.0 Å². The van der Waals surface area contributed by atoms with Crippen molar-refractivity contribution in [1.29, 1.82) is 0 Å². The third-order valence-corrected chi connectivity index (χ3v) is 3.87. The summed E-state index contributed by atoms with van der Waals surface area (Å²) in [6.07, 6.45) is 3.65. The zero-order chi connectivity index (χ0) is 17.9. The first-order valence-corrected chi connectivity index (χ1v) is 8.72. The Morgan fingerprint density at radius 1 is 0.920 bits per heavy atom. The summed E-state index contributed by atoms with van der Waals surface area (Å²) in [5, 5.41) is 2.75. The fourth-order valence-corrected chi connectivity index (χ4v) is 2.57. The van der Waals surface area contributed by atoms with E-state index >= 15 is 0 Å². The number of carbonyl (C=O) groups is 2. The average Bonchev–Trinajstić information content (AvgIpc) is 2.60. The Kier molecular flexibility index (Phi) is 7.70. The van der Waals surface area contributed by atoms with Gasteiger partial charge in [-0.15, -0.1) is 0 Å². The van der Waals surface area contributed by atoms with Gasteiger partial charge >= 0.3 is 5.97 Å². The van der Waals surface area contributed by atoms with Crippen molar-refractivity contribution in [3.8, 4) is 5.75 Å². The Hall–Kier alpha value is -2.62. The highest BCUT2D eigenvalue weighted by molar-refractivity contribution is 5.73. The van der Waals surface area contributed by atoms with Crippen molar-refractivity contribution in [3.05, 3.63) is 65.7 Å². The normalized spacial score (nSPS) is 10.3. The molecule has 0 heterocycles. The molecule has 0 aliphatic rings. The molecule has 2 aromatic rings. The van der Waals surface area contributed by atoms with E-state index in [4.69, 9.17) is 4.74 Å². The standard InChI is InChI=1S/C21H25NO3/c1-17(23)22-15-9-3-6-14-21(24)25-20-13-8-7-12-19(20)16-18-10-4-2-5-11-18/h2,4-5,7-8,10-13H,3,6,9,14-16H2,1H3,(H,22,23). The Bertz CT molecular complexity index is 683. The Morgan fingerprint density at radius 3 is 2.40 bits per heavy atom. The summed E-state index contributed by atoms with van der Waals surface area (Å²) in [6.45, 7) is 2.16. The summed E-state index contributed by atoms with van der Waals surface area (Å²) in [7, 11) is 0. The van der Waals surface area contributed by atoms with Gasteiger partial charge in [-0.2, -0.15) is 0 Å². The zero-order valence-electron chi connectivity index (χ0n) is 14.7. The van der Waals surface area contributed by atoms with Gasteiger partial charge < -0.3 is 10.1 Å². The summed E-state index contributed by atoms with van der Waals surface area (Å²) in [5.74, 6) is 0.407. The SMILES string of the molecule is CC(=O)NCCCCCC(=O)Oc1ccccc1Cc1ccccc1. The highest BCUT2D eigenvalue weighted by Crippen LogP contribution is 2.22. The minimum absolute atomic E-state index is 0.0190. The molecule has 0 radical (unpaired) electrons. The van der Waals surface area contributed by atoms with Crippen LogP contribution in [0.2, 0.25) is 0 Å². The first-order chi connectivity index (χ1) is 12.1. The maximum atomic E-state index is 12.1. The number of nitrogens with one attached hydrogen (secondary N) is 1. The number of esters is 1. The molecule has 0 aliphatic carbocycles. The van der Waals surface area contributed by atoms with E-state index < -0.39 is 0 Å². The van der Waals surface area contributed by atoms with E-state index in [1.165, 1.54) is 12.5 Å². The van der Waals surface area contributed by atoms with Crippen LogP contribution in [0.15, 0.2) is 54.6 Å². The van der Waals surface area contributed by atoms with Gasteiger partial charge in [-0.05, 0) is 30.0 Å². The van der Waals surface area contributed by atoms with Crippen LogP contribution >= 0.6 is 0 Å². The molecule has 2 rings (SSSR count). The Morgan fingerprint density at radius 2 is 1.64 bits per heavy atom. The van der Waals surface area contributed by atoms with Gasteiger partial charge in [0.1, 0.15) is 5.75 Å². The third kappa shape index (κ3) is 7.21. The number of hydrogen-bond acceptors (Lipinski definition) is 3. The van der Waals surface area contributed by atoms with Crippen molar-refractivity contribution in [2.24, 2.45) is 0 Å². The fraction of sp³-hybridized carbons (Fsp3) is 0.333. The van der Waals surface area contributed by atoms with E-state index in [2.05, 4.69) is 17.4 Å². The molecule has 0 saturated heterocycles. The first kappa shape index (κ1) is 18.7. The third-order valence-electron chi connectivity index (χ3n) is 3.87. The second-order valence-corrected chi connectivity index (χ2v) is 6.04. The minimum atomic E-state index is -0.208. The molecule has 25 heavy (non-hydrogen) atoms. The van der Waals surface area contributed by atoms with Gasteiger partial charge in [-0.25, -0.2) is 0 Å². The van der Waals surface area contributed by atoms with E-state index in [-0.39, 0.29) is 11.9 Å². The lowest BCUT2D eigenvalue weighted by Gasteiger charge is -2.10. The van der Waals surface area contributed by atoms with Crippen LogP contribution in [0, 0.1) is 0 Å². The molecule has 0 bridgehead atoms. The van der Waals surface area contributed by atoms with Gasteiger partial charge in [0.15, 0.2) is 0 Å². The van der Waals surface area contributed by atoms with Crippen LogP contribution in [0.1, 0.15) is 43.7 Å². The number of amides is 1. The second-order valence-electron chi connectivity index (χ2n) is 6.04. The number of rotatable bonds is 9. The van der Waals surface area contributed by atoms with E-state index in [9.17, 15) is 9.59 Å². The topological polar surface area (TPSA) is 55.4 Å². The molecule has 0 atom stereocenters. The van der Waals surface area contributed by atoms with Crippen LogP contribution in [0.4, 0.5) is 0 Å². The van der Waals surface area contributed by atoms with Crippen molar-refractivity contribution in [1.82, 2.24) is 5.32 Å². The predicted molar refractivity (Wildman–Crippen MR) is 98.5 cm³/mol. The summed E-state index contributed by atoms with van der Waals surface area (Å²) < 4.78 is 5.55. The molecule has 4 heteroatoms. The zero-order valence-corrected chi connectivity index (χ0v) is 14.7. The second kappa shape index (κ2) is 10.3. The van der Waals surface area contributed by atoms with E-state index in [1.807, 2.05) is 42.5 Å². The molecule has 1 amide bonds. The molecule has 0 aliphatic heterocycles. The predicted octanol–water partition coefficient (Wildman–Crippen LogP) is 3.88. The van der Waals surface area contributed by atoms with Crippen LogP contribution in [-0.2, 0) is 16.0 Å². The summed E-state index contributed by atoms with van der Waals surface area (Å²) >= 11 is 0. The first-order valence-electron chi connectivity index (χ1n) is 8.72. The number of unbranched alkanes of at least 4 members (excludes halogenated alkanes) is 2. The fourth-order valence-electron chi connectivity index (χ4n) is 2.57. The molecule has 0 saturated carbocycles. The molecule has 1 N–H and O–H groups in total. The Labute approximate surface area is 149 Å². The van der Waals surface area contributed by atoms with E-state index in [0.717, 1.165) is 31.2 Å². The molecule has 132 valence electrons. The smallest absolute Gasteiger partial charge is 0.311 e. The maximum absolute atomic E-state index is 12.1. The minimum Gasteiger partial charge on any atom is -0.426 e. The average molecular weight is 339 g/mol. The molecule has 4 nitrogen and oxygen atoms in total. The number of carbonyl (C=O) groups excluding carboxylic acids is 2. The monoisotopic (exact) mass is 339 g/mol. The summed E-state index contributed by atoms with van der Waals surface area (Å²) in [6, 6.07) is 17.8. The number of ether oxygens (including phenoxy) is 1. The number of para-hydroxylation sites is 1. The van der Waals surface area contributed by atoms with Gasteiger partial charge in [0.2, 0.25) is 5.91 Å². The largest absolute Gasteiger partial charge is 0.426 e. The molecular weight excluding hydrogens is 314 g/mol. The lowest BCUT2D eigenvalue weighted by Crippen LogP contribution is -2.20. The van der Waals surface area contributed by atoms with Crippen LogP contribution in [-0.4, -0.2) is 18.4 Å². The van der Waals surface area contributed by atoms with Gasteiger partial charge in [0.05, 0.1) is 0 Å². The van der Waals surface area contributed by atoms with Crippen LogP contribution in [0.3, 0.4) is 0 Å². The highest BCUT2D eigenvalue weighted by Gasteiger charge is 2.09. The van der Waals surface area contributed by atoms with Crippen LogP contribution in [0.5, 0.6) is 5.75 Å². The lowest BCUT2D eigenvalue weighted by molar-refractivity contribution is -0.134. The molecule has 0 aromatic heterocycles. The van der Waals surface area contributed by atoms with Crippen molar-refractivity contribution in [3.63, 3.8) is 0 Å². The van der Waals surface area contributed by atoms with Gasteiger partial charge in [-0.1, -0.05) is 55.0 Å². The quantitative estimate of drug-likeness (QED) is 0.428. The van der Waals surface area contributed by atoms with Crippen molar-refractivity contribution in [2.75, 3.05) is 6.54 Å². The summed E-state index contributed by atoms with van der Waals surface area (Å²) in [5.41, 5.74) is 2.19. The lowest BCUT2D eigenvalue weighted by atomic mass is 10.0. The van der Waals surface area contributed by atoms with Crippen molar-refractivity contribution >= 4 is 11.9 Å². The molecule has 0 fully saturated rings. The van der Waals surface area contributed by atoms with Gasteiger partial charge in [0, 0.05) is 26.3 Å². The Balaban J connectivity index is 1.79. The molecule has 0 spiro atoms. The van der Waals surface area contributed by atoms with Crippen LogP contribution < -0.4 is 10.1 Å². The maximum Gasteiger partial charge on any atom is 0.311 e. The van der Waals surface area contributed by atoms with Gasteiger partial charge in [0.25, 0.3) is 0 Å². The highest BCUT2D eigenvalue weighted by atomic mass is 16.5. The van der Waals surface area contributed by atoms with Gasteiger partial charge in [-0.3, -0.25) is 9.59 Å². The molecular formula is C21H25NO3. The molecule has 2 aromatic carbocycles. The van der Waals surface area contributed by atoms with E-state index in [0.29, 0.717) is 18.7 Å².